The third kappa shape index (κ3) is 5.13. The Labute approximate surface area is 158 Å². The molecule has 0 fully saturated rings. The number of hydrogen-bond donors (Lipinski definition) is 1. The van der Waals surface area contributed by atoms with Gasteiger partial charge < -0.3 is 5.73 Å². The quantitative estimate of drug-likeness (QED) is 0.599. The molecule has 0 aliphatic carbocycles. The Morgan fingerprint density at radius 2 is 1.78 bits per heavy atom. The third-order valence-corrected chi connectivity index (χ3v) is 5.47. The van der Waals surface area contributed by atoms with Crippen molar-refractivity contribution in [3.63, 3.8) is 0 Å². The third-order valence-electron chi connectivity index (χ3n) is 3.81. The Bertz CT molecular complexity index is 995. The van der Waals surface area contributed by atoms with Crippen molar-refractivity contribution >= 4 is 27.6 Å². The number of carbonyl (C=O) groups excluding carboxylic acids is 2. The smallest absolute Gasteiger partial charge is 0.233 e. The minimum absolute atomic E-state index is 0.0518. The van der Waals surface area contributed by atoms with E-state index in [0.29, 0.717) is 5.56 Å². The lowest BCUT2D eigenvalue weighted by molar-refractivity contribution is -0.115. The number of nitrogens with zero attached hydrogens (tertiary/aromatic N) is 2. The topological polar surface area (TPSA) is 112 Å². The van der Waals surface area contributed by atoms with Crippen molar-refractivity contribution in [2.24, 2.45) is 12.8 Å². The van der Waals surface area contributed by atoms with E-state index in [9.17, 15) is 18.0 Å². The minimum atomic E-state index is -3.79. The lowest BCUT2D eigenvalue weighted by atomic mass is 9.89. The van der Waals surface area contributed by atoms with E-state index in [2.05, 4.69) is 5.10 Å². The maximum atomic E-state index is 12.4. The molecule has 0 saturated heterocycles. The van der Waals surface area contributed by atoms with Crippen LogP contribution in [0.15, 0.2) is 41.4 Å². The molecule has 0 atom stereocenters. The van der Waals surface area contributed by atoms with Gasteiger partial charge in [0.05, 0.1) is 10.6 Å². The van der Waals surface area contributed by atoms with Crippen LogP contribution in [0.5, 0.6) is 0 Å². The van der Waals surface area contributed by atoms with Gasteiger partial charge in [0, 0.05) is 29.8 Å². The fraction of sp³-hybridized carbons (Fsp3) is 0.316. The Morgan fingerprint density at radius 3 is 2.30 bits per heavy atom. The first-order valence-corrected chi connectivity index (χ1v) is 9.93. The number of ketones is 1. The first-order valence-electron chi connectivity index (χ1n) is 8.28. The summed E-state index contributed by atoms with van der Waals surface area (Å²) < 4.78 is 25.6. The predicted molar refractivity (Wildman–Crippen MR) is 103 cm³/mol. The predicted octanol–water partition coefficient (Wildman–Crippen LogP) is 1.87. The summed E-state index contributed by atoms with van der Waals surface area (Å²) in [5.74, 6) is -1.96. The lowest BCUT2D eigenvalue weighted by Crippen LogP contribution is -2.23. The number of hydrogen-bond acceptors (Lipinski definition) is 5. The van der Waals surface area contributed by atoms with Crippen LogP contribution in [0.1, 0.15) is 42.4 Å². The van der Waals surface area contributed by atoms with Gasteiger partial charge in [-0.15, -0.1) is 0 Å². The molecule has 0 unspecified atom stereocenters. The van der Waals surface area contributed by atoms with Crippen LogP contribution in [0.25, 0.3) is 6.08 Å². The van der Waals surface area contributed by atoms with Gasteiger partial charge in [-0.25, -0.2) is 8.42 Å². The lowest BCUT2D eigenvalue weighted by Gasteiger charge is -2.16. The molecule has 0 aliphatic heterocycles. The fourth-order valence-corrected chi connectivity index (χ4v) is 3.66. The highest BCUT2D eigenvalue weighted by Crippen LogP contribution is 2.25. The second kappa shape index (κ2) is 7.48. The Morgan fingerprint density at radius 1 is 1.19 bits per heavy atom. The van der Waals surface area contributed by atoms with Crippen LogP contribution in [0.3, 0.4) is 0 Å². The monoisotopic (exact) mass is 389 g/mol. The van der Waals surface area contributed by atoms with Crippen molar-refractivity contribution in [1.29, 1.82) is 0 Å². The highest BCUT2D eigenvalue weighted by molar-refractivity contribution is 7.92. The van der Waals surface area contributed by atoms with Crippen molar-refractivity contribution in [1.82, 2.24) is 9.78 Å². The summed E-state index contributed by atoms with van der Waals surface area (Å²) in [6.07, 6.45) is 4.97. The average Bonchev–Trinajstić information content (AvgIpc) is 2.93. The molecule has 1 heterocycles. The minimum Gasteiger partial charge on any atom is -0.369 e. The molecule has 0 radical (unpaired) electrons. The number of amides is 1. The molecule has 2 rings (SSSR count). The molecule has 0 aliphatic rings. The zero-order valence-corrected chi connectivity index (χ0v) is 16.6. The molecule has 144 valence electrons. The number of aryl methyl sites for hydroxylation is 1. The summed E-state index contributed by atoms with van der Waals surface area (Å²) in [5.41, 5.74) is 6.84. The fourth-order valence-electron chi connectivity index (χ4n) is 2.57. The maximum Gasteiger partial charge on any atom is 0.233 e. The SMILES string of the molecule is Cn1cc(/C=C/C(=O)c2ccc(S(=O)(=O)CC(N)=O)cc2)c(C(C)(C)C)n1. The molecule has 1 aromatic heterocycles. The Kier molecular flexibility index (Phi) is 5.70. The largest absolute Gasteiger partial charge is 0.369 e. The van der Waals surface area contributed by atoms with Crippen LogP contribution in [0.4, 0.5) is 0 Å². The summed E-state index contributed by atoms with van der Waals surface area (Å²) in [6, 6.07) is 5.41. The molecule has 0 saturated carbocycles. The zero-order chi connectivity index (χ0) is 20.4. The normalized spacial score (nSPS) is 12.4. The molecule has 27 heavy (non-hydrogen) atoms. The van der Waals surface area contributed by atoms with Gasteiger partial charge in [-0.05, 0) is 36.4 Å². The number of aromatic nitrogens is 2. The second-order valence-electron chi connectivity index (χ2n) is 7.30. The van der Waals surface area contributed by atoms with Crippen molar-refractivity contribution < 1.29 is 18.0 Å². The second-order valence-corrected chi connectivity index (χ2v) is 9.29. The van der Waals surface area contributed by atoms with Crippen molar-refractivity contribution in [3.05, 3.63) is 53.4 Å². The van der Waals surface area contributed by atoms with Gasteiger partial charge in [-0.3, -0.25) is 14.3 Å². The number of allylic oxidation sites excluding steroid dienone is 1. The van der Waals surface area contributed by atoms with Crippen LogP contribution in [0.2, 0.25) is 0 Å². The standard InChI is InChI=1S/C19H23N3O4S/c1-19(2,3)18-14(11-22(4)21-18)7-10-16(23)13-5-8-15(9-6-13)27(25,26)12-17(20)24/h5-11H,12H2,1-4H3,(H2,20,24)/b10-7+. The van der Waals surface area contributed by atoms with Crippen molar-refractivity contribution in [3.8, 4) is 0 Å². The van der Waals surface area contributed by atoms with Gasteiger partial charge in [0.2, 0.25) is 5.91 Å². The molecule has 0 bridgehead atoms. The van der Waals surface area contributed by atoms with E-state index in [4.69, 9.17) is 5.73 Å². The van der Waals surface area contributed by atoms with E-state index in [1.807, 2.05) is 34.0 Å². The molecular formula is C19H23N3O4S. The van der Waals surface area contributed by atoms with Gasteiger partial charge in [0.25, 0.3) is 0 Å². The van der Waals surface area contributed by atoms with Crippen LogP contribution in [-0.2, 0) is 27.1 Å². The van der Waals surface area contributed by atoms with Crippen LogP contribution < -0.4 is 5.73 Å². The van der Waals surface area contributed by atoms with Gasteiger partial charge in [0.15, 0.2) is 15.6 Å². The first kappa shape index (κ1) is 20.6. The van der Waals surface area contributed by atoms with E-state index < -0.39 is 21.5 Å². The van der Waals surface area contributed by atoms with E-state index in [0.717, 1.165) is 11.3 Å². The molecule has 2 aromatic rings. The van der Waals surface area contributed by atoms with E-state index in [-0.39, 0.29) is 16.1 Å². The number of nitrogens with two attached hydrogens (primary N) is 1. The van der Waals surface area contributed by atoms with E-state index in [1.165, 1.54) is 30.3 Å². The highest BCUT2D eigenvalue weighted by atomic mass is 32.2. The van der Waals surface area contributed by atoms with Gasteiger partial charge in [0.1, 0.15) is 5.75 Å². The van der Waals surface area contributed by atoms with E-state index >= 15 is 0 Å². The molecule has 1 amide bonds. The summed E-state index contributed by atoms with van der Waals surface area (Å²) in [4.78, 5) is 23.2. The summed E-state index contributed by atoms with van der Waals surface area (Å²) in [5, 5.41) is 4.44. The number of rotatable bonds is 6. The van der Waals surface area contributed by atoms with Gasteiger partial charge in [-0.1, -0.05) is 20.8 Å². The maximum absolute atomic E-state index is 12.4. The molecular weight excluding hydrogens is 366 g/mol. The van der Waals surface area contributed by atoms with Crippen LogP contribution in [0, 0.1) is 0 Å². The number of sulfone groups is 1. The Balaban J connectivity index is 2.23. The van der Waals surface area contributed by atoms with Crippen molar-refractivity contribution in [2.45, 2.75) is 31.1 Å². The molecule has 0 spiro atoms. The molecule has 8 heteroatoms. The summed E-state index contributed by atoms with van der Waals surface area (Å²) >= 11 is 0. The molecule has 1 aromatic carbocycles. The van der Waals surface area contributed by atoms with E-state index in [1.54, 1.807) is 10.8 Å². The zero-order valence-electron chi connectivity index (χ0n) is 15.8. The summed E-state index contributed by atoms with van der Waals surface area (Å²) in [7, 11) is -1.97. The molecule has 7 nitrogen and oxygen atoms in total. The number of benzene rings is 1. The van der Waals surface area contributed by atoms with Crippen LogP contribution >= 0.6 is 0 Å². The van der Waals surface area contributed by atoms with Crippen LogP contribution in [-0.4, -0.2) is 35.6 Å². The molecule has 2 N–H and O–H groups in total. The van der Waals surface area contributed by atoms with Crippen molar-refractivity contribution in [2.75, 3.05) is 5.75 Å². The Hall–Kier alpha value is -2.74. The average molecular weight is 389 g/mol. The van der Waals surface area contributed by atoms with Gasteiger partial charge >= 0.3 is 0 Å². The first-order chi connectivity index (χ1) is 12.4. The highest BCUT2D eigenvalue weighted by Gasteiger charge is 2.21. The summed E-state index contributed by atoms with van der Waals surface area (Å²) in [6.45, 7) is 6.12. The number of primary amides is 1. The van der Waals surface area contributed by atoms with Gasteiger partial charge in [-0.2, -0.15) is 5.10 Å². The number of carbonyl (C=O) groups is 2.